The normalized spacial score (nSPS) is 0. The topological polar surface area (TPSA) is 126 Å². The Morgan fingerprint density at radius 2 is 0.400 bits per heavy atom. The van der Waals surface area contributed by atoms with E-state index in [1.54, 1.807) is 0 Å². The van der Waals surface area contributed by atoms with Gasteiger partial charge in [-0.3, -0.25) is 0 Å². The van der Waals surface area contributed by atoms with Crippen LogP contribution in [-0.4, -0.2) is 21.9 Å². The monoisotopic (exact) mass is 265 g/mol. The van der Waals surface area contributed by atoms with Gasteiger partial charge >= 0.3 is 20.1 Å². The fourth-order valence-electron chi connectivity index (χ4n) is 0. The molecule has 0 radical (unpaired) electrons. The van der Waals surface area contributed by atoms with Gasteiger partial charge in [0.15, 0.2) is 0 Å². The molecule has 0 aromatic rings. The predicted molar refractivity (Wildman–Crippen MR) is 14.5 cm³/mol. The van der Waals surface area contributed by atoms with Gasteiger partial charge in [-0.15, -0.1) is 0 Å². The summed E-state index contributed by atoms with van der Waals surface area (Å²) in [6.45, 7) is 0. The summed E-state index contributed by atoms with van der Waals surface area (Å²) in [6, 6.07) is 0. The van der Waals surface area contributed by atoms with Crippen molar-refractivity contribution in [3.63, 3.8) is 0 Å². The second kappa shape index (κ2) is 228. The Labute approximate surface area is 42.8 Å². The Bertz CT molecular complexity index is 3.61. The second-order valence-corrected chi connectivity index (χ2v) is 0. The van der Waals surface area contributed by atoms with Gasteiger partial charge in [0, 0.05) is 0 Å². The Balaban J connectivity index is 0. The Kier molecular flexibility index (Phi) is 21100. The van der Waals surface area contributed by atoms with Crippen LogP contribution in [0.3, 0.4) is 0 Å². The molecule has 0 saturated carbocycles. The van der Waals surface area contributed by atoms with Crippen LogP contribution in [-0.2, 0) is 20.1 Å². The largest absolute Gasteiger partial charge is 3.00 e. The SMILES string of the molecule is O.O.O.O.[Ir+3]. The van der Waals surface area contributed by atoms with Crippen LogP contribution < -0.4 is 0 Å². The molecule has 5 heteroatoms. The number of rotatable bonds is 0. The molecule has 0 fully saturated rings. The summed E-state index contributed by atoms with van der Waals surface area (Å²) in [4.78, 5) is 0. The van der Waals surface area contributed by atoms with Gasteiger partial charge < -0.3 is 21.9 Å². The van der Waals surface area contributed by atoms with Gasteiger partial charge in [0.1, 0.15) is 0 Å². The van der Waals surface area contributed by atoms with E-state index in [-0.39, 0.29) is 42.0 Å². The zero-order valence-electron chi connectivity index (χ0n) is 2.33. The van der Waals surface area contributed by atoms with Crippen molar-refractivity contribution in [1.82, 2.24) is 0 Å². The van der Waals surface area contributed by atoms with E-state index in [0.717, 1.165) is 0 Å². The smallest absolute Gasteiger partial charge is 0.412 e. The Morgan fingerprint density at radius 1 is 0.400 bits per heavy atom. The minimum absolute atomic E-state index is 0. The molecule has 0 heterocycles. The van der Waals surface area contributed by atoms with Crippen LogP contribution in [0.5, 0.6) is 0 Å². The maximum Gasteiger partial charge on any atom is 3.00 e. The molecule has 8 N–H and O–H groups in total. The molecule has 0 unspecified atom stereocenters. The third-order valence-electron chi connectivity index (χ3n) is 0. The molecule has 0 atom stereocenters. The van der Waals surface area contributed by atoms with Crippen LogP contribution in [0.2, 0.25) is 0 Å². The van der Waals surface area contributed by atoms with E-state index < -0.39 is 0 Å². The van der Waals surface area contributed by atoms with E-state index in [0.29, 0.717) is 0 Å². The van der Waals surface area contributed by atoms with Crippen molar-refractivity contribution < 1.29 is 42.0 Å². The van der Waals surface area contributed by atoms with Crippen LogP contribution in [0.1, 0.15) is 0 Å². The summed E-state index contributed by atoms with van der Waals surface area (Å²) in [5.41, 5.74) is 0. The summed E-state index contributed by atoms with van der Waals surface area (Å²) in [5, 5.41) is 0. The molecule has 0 aliphatic heterocycles. The minimum Gasteiger partial charge on any atom is -0.412 e. The van der Waals surface area contributed by atoms with Crippen LogP contribution in [0.4, 0.5) is 0 Å². The molecule has 0 aliphatic carbocycles. The van der Waals surface area contributed by atoms with E-state index in [1.165, 1.54) is 0 Å². The zero-order valence-corrected chi connectivity index (χ0v) is 4.73. The van der Waals surface area contributed by atoms with Crippen LogP contribution in [0.15, 0.2) is 0 Å². The first-order valence-electron chi connectivity index (χ1n) is 0. The summed E-state index contributed by atoms with van der Waals surface area (Å²) >= 11 is 0. The van der Waals surface area contributed by atoms with Crippen molar-refractivity contribution in [2.24, 2.45) is 0 Å². The Hall–Kier alpha value is 0.489. The van der Waals surface area contributed by atoms with Gasteiger partial charge in [-0.05, 0) is 0 Å². The first kappa shape index (κ1) is 462. The zero-order chi connectivity index (χ0) is 0. The molecule has 0 amide bonds. The average molecular weight is 264 g/mol. The van der Waals surface area contributed by atoms with Crippen molar-refractivity contribution in [2.75, 3.05) is 0 Å². The van der Waals surface area contributed by atoms with E-state index >= 15 is 0 Å². The van der Waals surface area contributed by atoms with Crippen molar-refractivity contribution in [2.45, 2.75) is 0 Å². The first-order chi connectivity index (χ1) is 0. The average Bonchev–Trinajstić information content (AvgIpc) is 0. The standard InChI is InChI=1S/Ir.4H2O/h;4*1H2/q+3;;;;. The fraction of sp³-hybridized carbons (Fsp3) is 0. The van der Waals surface area contributed by atoms with Crippen molar-refractivity contribution in [1.29, 1.82) is 0 Å². The first-order valence-corrected chi connectivity index (χ1v) is 0. The van der Waals surface area contributed by atoms with Crippen LogP contribution in [0, 0.1) is 0 Å². The molecule has 0 saturated heterocycles. The number of hydrogen-bond donors (Lipinski definition) is 0. The van der Waals surface area contributed by atoms with Gasteiger partial charge in [0.05, 0.1) is 0 Å². The van der Waals surface area contributed by atoms with E-state index in [9.17, 15) is 0 Å². The molecule has 5 heavy (non-hydrogen) atoms. The van der Waals surface area contributed by atoms with Gasteiger partial charge in [-0.2, -0.15) is 0 Å². The van der Waals surface area contributed by atoms with Crippen molar-refractivity contribution in [3.8, 4) is 0 Å². The summed E-state index contributed by atoms with van der Waals surface area (Å²) in [7, 11) is 0. The third-order valence-corrected chi connectivity index (χ3v) is 0. The second-order valence-electron chi connectivity index (χ2n) is 0. The molecular weight excluding hydrogens is 256 g/mol. The molecule has 0 aromatic carbocycles. The predicted octanol–water partition coefficient (Wildman–Crippen LogP) is -3.30. The molecule has 0 aliphatic rings. The van der Waals surface area contributed by atoms with E-state index in [4.69, 9.17) is 0 Å². The Morgan fingerprint density at radius 3 is 0.400 bits per heavy atom. The number of hydrogen-bond acceptors (Lipinski definition) is 0. The molecule has 0 spiro atoms. The molecular formula is H8IrO4+3. The van der Waals surface area contributed by atoms with Crippen molar-refractivity contribution >= 4 is 0 Å². The van der Waals surface area contributed by atoms with E-state index in [1.807, 2.05) is 0 Å². The van der Waals surface area contributed by atoms with E-state index in [2.05, 4.69) is 0 Å². The maximum absolute atomic E-state index is 0. The van der Waals surface area contributed by atoms with Crippen LogP contribution >= 0.6 is 0 Å². The van der Waals surface area contributed by atoms with Crippen molar-refractivity contribution in [3.05, 3.63) is 0 Å². The summed E-state index contributed by atoms with van der Waals surface area (Å²) in [6.07, 6.45) is 0. The van der Waals surface area contributed by atoms with Gasteiger partial charge in [-0.25, -0.2) is 0 Å². The van der Waals surface area contributed by atoms with Gasteiger partial charge in [-0.1, -0.05) is 0 Å². The molecule has 0 aromatic heterocycles. The maximum atomic E-state index is 0. The fourth-order valence-corrected chi connectivity index (χ4v) is 0. The van der Waals surface area contributed by atoms with Gasteiger partial charge in [0.2, 0.25) is 0 Å². The third kappa shape index (κ3) is 116. The minimum atomic E-state index is 0. The molecule has 0 rings (SSSR count). The van der Waals surface area contributed by atoms with Gasteiger partial charge in [0.25, 0.3) is 0 Å². The molecule has 0 bridgehead atoms. The van der Waals surface area contributed by atoms with Crippen LogP contribution in [0.25, 0.3) is 0 Å². The summed E-state index contributed by atoms with van der Waals surface area (Å²) < 4.78 is 0. The molecule has 38 valence electrons. The quantitative estimate of drug-likeness (QED) is 0.434. The summed E-state index contributed by atoms with van der Waals surface area (Å²) in [5.74, 6) is 0. The molecule has 4 nitrogen and oxygen atoms in total.